The van der Waals surface area contributed by atoms with Crippen molar-refractivity contribution < 1.29 is 9.53 Å². The number of carbonyl (C=O) groups excluding carboxylic acids is 1. The third-order valence-corrected chi connectivity index (χ3v) is 3.97. The predicted octanol–water partition coefficient (Wildman–Crippen LogP) is 1.87. The fraction of sp³-hybridized carbons (Fsp3) is 0.375. The maximum Gasteiger partial charge on any atom is 0.274 e. The van der Waals surface area contributed by atoms with Crippen molar-refractivity contribution in [2.45, 2.75) is 18.9 Å². The van der Waals surface area contributed by atoms with Crippen molar-refractivity contribution in [2.24, 2.45) is 5.73 Å². The molecule has 1 aromatic heterocycles. The Morgan fingerprint density at radius 3 is 2.48 bits per heavy atom. The number of carbonyl (C=O) groups is 1. The predicted molar refractivity (Wildman–Crippen MR) is 90.5 cm³/mol. The third-order valence-electron chi connectivity index (χ3n) is 3.97. The summed E-state index contributed by atoms with van der Waals surface area (Å²) in [5.74, 6) is 0.760. The molecular formula is C16H21ClN4O2. The van der Waals surface area contributed by atoms with Crippen molar-refractivity contribution in [3.05, 3.63) is 42.2 Å². The SMILES string of the molecule is COc1ccc(-n2ccc(C(=O)N3CCC(N)CC3)n2)cc1.Cl. The lowest BCUT2D eigenvalue weighted by Gasteiger charge is -2.29. The van der Waals surface area contributed by atoms with Gasteiger partial charge in [0.05, 0.1) is 12.8 Å². The molecule has 0 unspecified atom stereocenters. The van der Waals surface area contributed by atoms with Crippen molar-refractivity contribution in [2.75, 3.05) is 20.2 Å². The number of halogens is 1. The van der Waals surface area contributed by atoms with Crippen LogP contribution in [0.1, 0.15) is 23.3 Å². The number of hydrogen-bond donors (Lipinski definition) is 1. The lowest BCUT2D eigenvalue weighted by Crippen LogP contribution is -2.43. The molecule has 2 heterocycles. The second kappa shape index (κ2) is 7.48. The number of ether oxygens (including phenoxy) is 1. The normalized spacial score (nSPS) is 15.1. The molecule has 0 radical (unpaired) electrons. The Labute approximate surface area is 141 Å². The first-order valence-electron chi connectivity index (χ1n) is 7.42. The van der Waals surface area contributed by atoms with Crippen molar-refractivity contribution in [1.29, 1.82) is 0 Å². The molecule has 1 amide bonds. The standard InChI is InChI=1S/C16H20N4O2.ClH/c1-22-14-4-2-13(3-5-14)20-11-8-15(18-20)16(21)19-9-6-12(17)7-10-19;/h2-5,8,11-12H,6-7,9-10,17H2,1H3;1H. The van der Waals surface area contributed by atoms with E-state index in [0.717, 1.165) is 24.3 Å². The quantitative estimate of drug-likeness (QED) is 0.928. The highest BCUT2D eigenvalue weighted by molar-refractivity contribution is 5.92. The molecule has 0 saturated carbocycles. The van der Waals surface area contributed by atoms with Crippen molar-refractivity contribution >= 4 is 18.3 Å². The molecule has 1 aliphatic heterocycles. The van der Waals surface area contributed by atoms with E-state index >= 15 is 0 Å². The van der Waals surface area contributed by atoms with Gasteiger partial charge in [0.25, 0.3) is 5.91 Å². The van der Waals surface area contributed by atoms with Gasteiger partial charge in [-0.2, -0.15) is 5.10 Å². The number of piperidine rings is 1. The number of aromatic nitrogens is 2. The molecule has 2 N–H and O–H groups in total. The van der Waals surface area contributed by atoms with Gasteiger partial charge in [-0.3, -0.25) is 4.79 Å². The first kappa shape index (κ1) is 17.3. The summed E-state index contributed by atoms with van der Waals surface area (Å²) in [7, 11) is 1.63. The first-order chi connectivity index (χ1) is 10.7. The largest absolute Gasteiger partial charge is 0.497 e. The third kappa shape index (κ3) is 3.83. The van der Waals surface area contributed by atoms with E-state index in [1.165, 1.54) is 0 Å². The number of nitrogens with zero attached hydrogens (tertiary/aromatic N) is 3. The van der Waals surface area contributed by atoms with Gasteiger partial charge < -0.3 is 15.4 Å². The van der Waals surface area contributed by atoms with E-state index in [0.29, 0.717) is 18.8 Å². The second-order valence-corrected chi connectivity index (χ2v) is 5.47. The maximum atomic E-state index is 12.4. The van der Waals surface area contributed by atoms with Gasteiger partial charge >= 0.3 is 0 Å². The van der Waals surface area contributed by atoms with E-state index in [2.05, 4.69) is 5.10 Å². The van der Waals surface area contributed by atoms with Crippen LogP contribution in [0.4, 0.5) is 0 Å². The molecule has 1 aromatic carbocycles. The Morgan fingerprint density at radius 1 is 1.22 bits per heavy atom. The molecule has 0 aliphatic carbocycles. The van der Waals surface area contributed by atoms with E-state index in [1.807, 2.05) is 29.2 Å². The molecule has 6 nitrogen and oxygen atoms in total. The highest BCUT2D eigenvalue weighted by Crippen LogP contribution is 2.16. The van der Waals surface area contributed by atoms with Crippen LogP contribution in [-0.2, 0) is 0 Å². The van der Waals surface area contributed by atoms with E-state index < -0.39 is 0 Å². The van der Waals surface area contributed by atoms with Crippen LogP contribution in [0.25, 0.3) is 5.69 Å². The van der Waals surface area contributed by atoms with Crippen molar-refractivity contribution in [3.8, 4) is 11.4 Å². The Morgan fingerprint density at radius 2 is 1.87 bits per heavy atom. The highest BCUT2D eigenvalue weighted by Gasteiger charge is 2.23. The fourth-order valence-corrected chi connectivity index (χ4v) is 2.58. The summed E-state index contributed by atoms with van der Waals surface area (Å²) in [5.41, 5.74) is 7.23. The molecule has 0 bridgehead atoms. The summed E-state index contributed by atoms with van der Waals surface area (Å²) in [5, 5.41) is 4.38. The maximum absolute atomic E-state index is 12.4. The highest BCUT2D eigenvalue weighted by atomic mass is 35.5. The molecule has 1 aliphatic rings. The molecule has 1 fully saturated rings. The number of hydrogen-bond acceptors (Lipinski definition) is 4. The lowest BCUT2D eigenvalue weighted by atomic mass is 10.1. The van der Waals surface area contributed by atoms with E-state index in [-0.39, 0.29) is 24.4 Å². The topological polar surface area (TPSA) is 73.4 Å². The van der Waals surface area contributed by atoms with Gasteiger partial charge in [-0.25, -0.2) is 4.68 Å². The van der Waals surface area contributed by atoms with Gasteiger partial charge in [0.1, 0.15) is 5.75 Å². The summed E-state index contributed by atoms with van der Waals surface area (Å²) in [6.07, 6.45) is 3.50. The van der Waals surface area contributed by atoms with Gasteiger partial charge in [-0.15, -0.1) is 12.4 Å². The van der Waals surface area contributed by atoms with E-state index in [4.69, 9.17) is 10.5 Å². The fourth-order valence-electron chi connectivity index (χ4n) is 2.58. The van der Waals surface area contributed by atoms with Crippen LogP contribution in [0.3, 0.4) is 0 Å². The zero-order valence-electron chi connectivity index (χ0n) is 13.0. The van der Waals surface area contributed by atoms with Gasteiger partial charge in [0.15, 0.2) is 5.69 Å². The zero-order valence-corrected chi connectivity index (χ0v) is 13.8. The van der Waals surface area contributed by atoms with Gasteiger partial charge in [-0.05, 0) is 43.2 Å². The Hall–Kier alpha value is -2.05. The zero-order chi connectivity index (χ0) is 15.5. The summed E-state index contributed by atoms with van der Waals surface area (Å²) in [4.78, 5) is 14.3. The number of methoxy groups -OCH3 is 1. The minimum atomic E-state index is -0.0286. The number of nitrogens with two attached hydrogens (primary N) is 1. The molecule has 0 atom stereocenters. The number of rotatable bonds is 3. The summed E-state index contributed by atoms with van der Waals surface area (Å²) in [6, 6.07) is 9.50. The average molecular weight is 337 g/mol. The van der Waals surface area contributed by atoms with Crippen molar-refractivity contribution in [1.82, 2.24) is 14.7 Å². The van der Waals surface area contributed by atoms with Crippen LogP contribution in [-0.4, -0.2) is 46.8 Å². The van der Waals surface area contributed by atoms with E-state index in [1.54, 1.807) is 24.1 Å². The number of amides is 1. The van der Waals surface area contributed by atoms with Crippen LogP contribution in [0.5, 0.6) is 5.75 Å². The molecule has 3 rings (SSSR count). The van der Waals surface area contributed by atoms with Crippen LogP contribution < -0.4 is 10.5 Å². The molecule has 1 saturated heterocycles. The smallest absolute Gasteiger partial charge is 0.274 e. The molecule has 2 aromatic rings. The summed E-state index contributed by atoms with van der Waals surface area (Å²) in [6.45, 7) is 1.41. The number of likely N-dealkylation sites (tertiary alicyclic amines) is 1. The summed E-state index contributed by atoms with van der Waals surface area (Å²) >= 11 is 0. The Kier molecular flexibility index (Phi) is 5.63. The Balaban J connectivity index is 0.00000192. The van der Waals surface area contributed by atoms with Crippen LogP contribution >= 0.6 is 12.4 Å². The average Bonchev–Trinajstić information content (AvgIpc) is 3.05. The monoisotopic (exact) mass is 336 g/mol. The first-order valence-corrected chi connectivity index (χ1v) is 7.42. The number of benzene rings is 1. The molecule has 23 heavy (non-hydrogen) atoms. The Bertz CT molecular complexity index is 648. The molecule has 124 valence electrons. The minimum Gasteiger partial charge on any atom is -0.497 e. The summed E-state index contributed by atoms with van der Waals surface area (Å²) < 4.78 is 6.83. The lowest BCUT2D eigenvalue weighted by molar-refractivity contribution is 0.0708. The van der Waals surface area contributed by atoms with Crippen molar-refractivity contribution in [3.63, 3.8) is 0 Å². The van der Waals surface area contributed by atoms with Crippen LogP contribution in [0.15, 0.2) is 36.5 Å². The molecular weight excluding hydrogens is 316 g/mol. The minimum absolute atomic E-state index is 0. The van der Waals surface area contributed by atoms with Gasteiger partial charge in [0, 0.05) is 25.3 Å². The second-order valence-electron chi connectivity index (χ2n) is 5.47. The van der Waals surface area contributed by atoms with Gasteiger partial charge in [0.2, 0.25) is 0 Å². The van der Waals surface area contributed by atoms with E-state index in [9.17, 15) is 4.79 Å². The van der Waals surface area contributed by atoms with Gasteiger partial charge in [-0.1, -0.05) is 0 Å². The van der Waals surface area contributed by atoms with Crippen LogP contribution in [0.2, 0.25) is 0 Å². The molecule has 7 heteroatoms. The molecule has 0 spiro atoms. The van der Waals surface area contributed by atoms with Crippen LogP contribution in [0, 0.1) is 0 Å².